The summed E-state index contributed by atoms with van der Waals surface area (Å²) in [5.74, 6) is -0.0283. The van der Waals surface area contributed by atoms with E-state index in [0.717, 1.165) is 27.9 Å². The second-order valence-electron chi connectivity index (χ2n) is 6.14. The van der Waals surface area contributed by atoms with Crippen molar-refractivity contribution >= 4 is 33.1 Å². The van der Waals surface area contributed by atoms with Gasteiger partial charge in [0.2, 0.25) is 0 Å². The number of pyridine rings is 1. The molecule has 0 aliphatic carbocycles. The number of nitrogen functional groups attached to an aromatic ring is 1. The lowest BCUT2D eigenvalue weighted by atomic mass is 9.99. The van der Waals surface area contributed by atoms with Crippen molar-refractivity contribution in [1.82, 2.24) is 9.88 Å². The SMILES string of the molecule is CCC(C)(C)N(C)C(=O)c1sc2nc(C)cc(C)c2c1N. The van der Waals surface area contributed by atoms with E-state index in [1.54, 1.807) is 4.90 Å². The molecule has 0 spiro atoms. The number of fused-ring (bicyclic) bond motifs is 1. The number of aromatic nitrogens is 1. The Balaban J connectivity index is 2.55. The van der Waals surface area contributed by atoms with Crippen LogP contribution in [0.3, 0.4) is 0 Å². The second kappa shape index (κ2) is 5.30. The Bertz CT molecular complexity index is 703. The van der Waals surface area contributed by atoms with Crippen molar-refractivity contribution in [2.45, 2.75) is 46.6 Å². The first kappa shape index (κ1) is 15.8. The molecule has 0 aromatic carbocycles. The number of aryl methyl sites for hydroxylation is 2. The van der Waals surface area contributed by atoms with Crippen LogP contribution in [0.1, 0.15) is 48.1 Å². The zero-order valence-electron chi connectivity index (χ0n) is 13.6. The molecule has 2 heterocycles. The molecular formula is C16H23N3OS. The Morgan fingerprint density at radius 2 is 2.05 bits per heavy atom. The highest BCUT2D eigenvalue weighted by Gasteiger charge is 2.29. The van der Waals surface area contributed by atoms with Gasteiger partial charge in [-0.25, -0.2) is 4.98 Å². The summed E-state index contributed by atoms with van der Waals surface area (Å²) in [4.78, 5) is 20.5. The molecular weight excluding hydrogens is 282 g/mol. The predicted octanol–water partition coefficient (Wildman–Crippen LogP) is 3.76. The van der Waals surface area contributed by atoms with Crippen molar-refractivity contribution in [3.63, 3.8) is 0 Å². The highest BCUT2D eigenvalue weighted by molar-refractivity contribution is 7.21. The number of rotatable bonds is 3. The molecule has 114 valence electrons. The summed E-state index contributed by atoms with van der Waals surface area (Å²) in [7, 11) is 1.83. The van der Waals surface area contributed by atoms with Crippen LogP contribution >= 0.6 is 11.3 Å². The second-order valence-corrected chi connectivity index (χ2v) is 7.13. The number of carbonyl (C=O) groups is 1. The number of hydrogen-bond donors (Lipinski definition) is 1. The van der Waals surface area contributed by atoms with Gasteiger partial charge in [0, 0.05) is 23.7 Å². The summed E-state index contributed by atoms with van der Waals surface area (Å²) >= 11 is 1.39. The molecule has 2 aromatic rings. The lowest BCUT2D eigenvalue weighted by Crippen LogP contribution is -2.44. The number of thiophene rings is 1. The standard InChI is InChI=1S/C16H23N3OS/c1-7-16(4,5)19(6)15(20)13-12(17)11-9(2)8-10(3)18-14(11)21-13/h8H,7,17H2,1-6H3. The Morgan fingerprint density at radius 3 is 2.62 bits per heavy atom. The van der Waals surface area contributed by atoms with E-state index in [0.29, 0.717) is 10.6 Å². The lowest BCUT2D eigenvalue weighted by molar-refractivity contribution is 0.0626. The van der Waals surface area contributed by atoms with E-state index >= 15 is 0 Å². The van der Waals surface area contributed by atoms with Crippen molar-refractivity contribution in [2.75, 3.05) is 12.8 Å². The maximum atomic E-state index is 12.8. The van der Waals surface area contributed by atoms with E-state index < -0.39 is 0 Å². The van der Waals surface area contributed by atoms with Crippen molar-refractivity contribution in [3.8, 4) is 0 Å². The zero-order chi connectivity index (χ0) is 15.9. The molecule has 0 atom stereocenters. The molecule has 0 saturated heterocycles. The van der Waals surface area contributed by atoms with Gasteiger partial charge in [0.05, 0.1) is 5.69 Å². The van der Waals surface area contributed by atoms with Gasteiger partial charge in [0.25, 0.3) is 5.91 Å². The van der Waals surface area contributed by atoms with Gasteiger partial charge in [-0.15, -0.1) is 11.3 Å². The molecule has 0 saturated carbocycles. The fourth-order valence-corrected chi connectivity index (χ4v) is 3.48. The molecule has 21 heavy (non-hydrogen) atoms. The van der Waals surface area contributed by atoms with Crippen LogP contribution in [0.5, 0.6) is 0 Å². The van der Waals surface area contributed by atoms with Crippen LogP contribution in [0.2, 0.25) is 0 Å². The number of carbonyl (C=O) groups excluding carboxylic acids is 1. The van der Waals surface area contributed by atoms with E-state index in [-0.39, 0.29) is 11.4 Å². The molecule has 0 fully saturated rings. The number of hydrogen-bond acceptors (Lipinski definition) is 4. The van der Waals surface area contributed by atoms with Crippen LogP contribution in [-0.2, 0) is 0 Å². The molecule has 0 aliphatic heterocycles. The summed E-state index contributed by atoms with van der Waals surface area (Å²) in [6.45, 7) is 10.2. The third-order valence-corrected chi connectivity index (χ3v) is 5.38. The number of nitrogens with zero attached hydrogens (tertiary/aromatic N) is 2. The van der Waals surface area contributed by atoms with Crippen molar-refractivity contribution < 1.29 is 4.79 Å². The van der Waals surface area contributed by atoms with Gasteiger partial charge in [-0.3, -0.25) is 4.79 Å². The third-order valence-electron chi connectivity index (χ3n) is 4.30. The van der Waals surface area contributed by atoms with Crippen LogP contribution in [0.15, 0.2) is 6.07 Å². The van der Waals surface area contributed by atoms with Gasteiger partial charge in [0.15, 0.2) is 0 Å². The smallest absolute Gasteiger partial charge is 0.266 e. The molecule has 0 bridgehead atoms. The number of anilines is 1. The topological polar surface area (TPSA) is 59.2 Å². The highest BCUT2D eigenvalue weighted by Crippen LogP contribution is 2.36. The van der Waals surface area contributed by atoms with Crippen molar-refractivity contribution in [2.24, 2.45) is 0 Å². The van der Waals surface area contributed by atoms with Gasteiger partial charge >= 0.3 is 0 Å². The van der Waals surface area contributed by atoms with Crippen LogP contribution in [0.25, 0.3) is 10.2 Å². The van der Waals surface area contributed by atoms with E-state index in [1.807, 2.05) is 27.0 Å². The van der Waals surface area contributed by atoms with E-state index in [4.69, 9.17) is 5.73 Å². The average molecular weight is 305 g/mol. The zero-order valence-corrected chi connectivity index (χ0v) is 14.4. The van der Waals surface area contributed by atoms with E-state index in [1.165, 1.54) is 11.3 Å². The fraction of sp³-hybridized carbons (Fsp3) is 0.500. The molecule has 2 N–H and O–H groups in total. The molecule has 0 aliphatic rings. The van der Waals surface area contributed by atoms with Crippen LogP contribution < -0.4 is 5.73 Å². The molecule has 2 rings (SSSR count). The van der Waals surface area contributed by atoms with Crippen LogP contribution in [-0.4, -0.2) is 28.4 Å². The van der Waals surface area contributed by atoms with Gasteiger partial charge in [-0.05, 0) is 45.7 Å². The van der Waals surface area contributed by atoms with Crippen molar-refractivity contribution in [1.29, 1.82) is 0 Å². The lowest BCUT2D eigenvalue weighted by Gasteiger charge is -2.34. The molecule has 4 nitrogen and oxygen atoms in total. The fourth-order valence-electron chi connectivity index (χ4n) is 2.29. The summed E-state index contributed by atoms with van der Waals surface area (Å²) in [5, 5.41) is 0.914. The first-order valence-electron chi connectivity index (χ1n) is 7.13. The van der Waals surface area contributed by atoms with Crippen LogP contribution in [0.4, 0.5) is 5.69 Å². The summed E-state index contributed by atoms with van der Waals surface area (Å²) in [6, 6.07) is 2.00. The average Bonchev–Trinajstić information content (AvgIpc) is 2.74. The summed E-state index contributed by atoms with van der Waals surface area (Å²) in [6.07, 6.45) is 0.885. The largest absolute Gasteiger partial charge is 0.397 e. The van der Waals surface area contributed by atoms with Gasteiger partial charge in [-0.2, -0.15) is 0 Å². The first-order valence-corrected chi connectivity index (χ1v) is 7.95. The first-order chi connectivity index (χ1) is 9.69. The molecule has 2 aromatic heterocycles. The molecule has 5 heteroatoms. The maximum absolute atomic E-state index is 12.8. The van der Waals surface area contributed by atoms with Crippen molar-refractivity contribution in [3.05, 3.63) is 22.2 Å². The Hall–Kier alpha value is -1.62. The minimum atomic E-state index is -0.196. The van der Waals surface area contributed by atoms with E-state index in [2.05, 4.69) is 25.8 Å². The Morgan fingerprint density at radius 1 is 1.43 bits per heavy atom. The Kier molecular flexibility index (Phi) is 3.97. The quantitative estimate of drug-likeness (QED) is 0.939. The summed E-state index contributed by atoms with van der Waals surface area (Å²) in [5.41, 5.74) is 8.62. The van der Waals surface area contributed by atoms with Crippen LogP contribution in [0, 0.1) is 13.8 Å². The maximum Gasteiger partial charge on any atom is 0.266 e. The number of amides is 1. The minimum absolute atomic E-state index is 0.0283. The van der Waals surface area contributed by atoms with E-state index in [9.17, 15) is 4.79 Å². The minimum Gasteiger partial charge on any atom is -0.397 e. The van der Waals surface area contributed by atoms with Gasteiger partial charge in [0.1, 0.15) is 9.71 Å². The van der Waals surface area contributed by atoms with Gasteiger partial charge in [-0.1, -0.05) is 6.92 Å². The Labute approximate surface area is 130 Å². The molecule has 0 unspecified atom stereocenters. The predicted molar refractivity (Wildman–Crippen MR) is 90.0 cm³/mol. The van der Waals surface area contributed by atoms with Gasteiger partial charge < -0.3 is 10.6 Å². The number of nitrogens with two attached hydrogens (primary N) is 1. The normalized spacial score (nSPS) is 11.9. The highest BCUT2D eigenvalue weighted by atomic mass is 32.1. The summed E-state index contributed by atoms with van der Waals surface area (Å²) < 4.78 is 0. The third kappa shape index (κ3) is 2.62. The molecule has 0 radical (unpaired) electrons. The monoisotopic (exact) mass is 305 g/mol. The molecule has 1 amide bonds.